The van der Waals surface area contributed by atoms with Crippen molar-refractivity contribution in [3.63, 3.8) is 0 Å². The molecule has 2 rings (SSSR count). The fourth-order valence-electron chi connectivity index (χ4n) is 2.58. The van der Waals surface area contributed by atoms with Crippen LogP contribution in [-0.2, 0) is 11.3 Å². The number of aliphatic imine (C=N–C) groups is 1. The van der Waals surface area contributed by atoms with E-state index in [4.69, 9.17) is 10.5 Å². The van der Waals surface area contributed by atoms with Gasteiger partial charge in [-0.05, 0) is 61.7 Å². The summed E-state index contributed by atoms with van der Waals surface area (Å²) in [7, 11) is 0. The molecular weight excluding hydrogens is 479 g/mol. The van der Waals surface area contributed by atoms with Gasteiger partial charge in [-0.25, -0.2) is 4.99 Å². The summed E-state index contributed by atoms with van der Waals surface area (Å²) >= 11 is 0. The van der Waals surface area contributed by atoms with Crippen LogP contribution in [0.4, 0.5) is 11.4 Å². The highest BCUT2D eigenvalue weighted by Crippen LogP contribution is 2.17. The molecule has 29 heavy (non-hydrogen) atoms. The quantitative estimate of drug-likeness (QED) is 0.265. The summed E-state index contributed by atoms with van der Waals surface area (Å²) < 4.78 is 5.62. The van der Waals surface area contributed by atoms with Crippen molar-refractivity contribution in [3.05, 3.63) is 54.1 Å². The molecule has 0 aliphatic rings. The maximum Gasteiger partial charge on any atom is 0.224 e. The fourth-order valence-corrected chi connectivity index (χ4v) is 2.58. The highest BCUT2D eigenvalue weighted by molar-refractivity contribution is 14.0. The summed E-state index contributed by atoms with van der Waals surface area (Å²) in [5.74, 6) is 1.48. The maximum atomic E-state index is 11.9. The molecule has 0 bridgehead atoms. The number of anilines is 2. The summed E-state index contributed by atoms with van der Waals surface area (Å²) in [5, 5.41) is 5.98. The molecular formula is C22H31IN4O2. The average molecular weight is 510 g/mol. The Kier molecular flexibility index (Phi) is 10.5. The van der Waals surface area contributed by atoms with Crippen molar-refractivity contribution in [1.82, 2.24) is 0 Å². The lowest BCUT2D eigenvalue weighted by Gasteiger charge is -2.11. The first kappa shape index (κ1) is 24.7. The number of guanidine groups is 1. The zero-order valence-electron chi connectivity index (χ0n) is 17.4. The Balaban J connectivity index is 0.00000420. The van der Waals surface area contributed by atoms with Crippen molar-refractivity contribution < 1.29 is 9.53 Å². The lowest BCUT2D eigenvalue weighted by molar-refractivity contribution is -0.116. The molecule has 0 radical (unpaired) electrons. The third kappa shape index (κ3) is 9.65. The number of hydrogen-bond donors (Lipinski definition) is 3. The molecule has 0 fully saturated rings. The molecule has 7 heteroatoms. The van der Waals surface area contributed by atoms with Crippen LogP contribution >= 0.6 is 24.0 Å². The van der Waals surface area contributed by atoms with Gasteiger partial charge in [-0.1, -0.05) is 26.0 Å². The van der Waals surface area contributed by atoms with E-state index in [0.717, 1.165) is 22.7 Å². The second-order valence-corrected chi connectivity index (χ2v) is 7.36. The minimum atomic E-state index is 0. The first-order valence-corrected chi connectivity index (χ1v) is 9.54. The highest BCUT2D eigenvalue weighted by atomic mass is 127. The second-order valence-electron chi connectivity index (χ2n) is 7.36. The molecule has 6 nitrogen and oxygen atoms in total. The Morgan fingerprint density at radius 2 is 1.72 bits per heavy atom. The van der Waals surface area contributed by atoms with Gasteiger partial charge in [0, 0.05) is 17.8 Å². The van der Waals surface area contributed by atoms with Crippen LogP contribution in [0.25, 0.3) is 0 Å². The van der Waals surface area contributed by atoms with E-state index < -0.39 is 0 Å². The highest BCUT2D eigenvalue weighted by Gasteiger charge is 2.06. The van der Waals surface area contributed by atoms with E-state index in [0.29, 0.717) is 24.8 Å². The van der Waals surface area contributed by atoms with Crippen LogP contribution in [0.2, 0.25) is 0 Å². The van der Waals surface area contributed by atoms with Gasteiger partial charge in [0.2, 0.25) is 5.91 Å². The number of nitrogens with zero attached hydrogens (tertiary/aromatic N) is 1. The van der Waals surface area contributed by atoms with E-state index in [2.05, 4.69) is 15.6 Å². The van der Waals surface area contributed by atoms with E-state index in [1.54, 1.807) is 0 Å². The van der Waals surface area contributed by atoms with Crippen LogP contribution in [0.15, 0.2) is 53.5 Å². The number of benzene rings is 2. The molecule has 0 saturated carbocycles. The number of amides is 1. The van der Waals surface area contributed by atoms with Gasteiger partial charge >= 0.3 is 0 Å². The molecule has 2 aromatic rings. The molecule has 0 heterocycles. The predicted octanol–water partition coefficient (Wildman–Crippen LogP) is 5.00. The first-order valence-electron chi connectivity index (χ1n) is 9.54. The molecule has 0 unspecified atom stereocenters. The number of rotatable bonds is 8. The van der Waals surface area contributed by atoms with Crippen LogP contribution in [-0.4, -0.2) is 18.0 Å². The van der Waals surface area contributed by atoms with Gasteiger partial charge in [0.25, 0.3) is 0 Å². The number of halogens is 1. The molecule has 4 N–H and O–H groups in total. The lowest BCUT2D eigenvalue weighted by atomic mass is 10.1. The maximum absolute atomic E-state index is 11.9. The van der Waals surface area contributed by atoms with Crippen molar-refractivity contribution in [1.29, 1.82) is 0 Å². The number of carbonyl (C=O) groups is 1. The normalized spacial score (nSPS) is 11.2. The third-order valence-corrected chi connectivity index (χ3v) is 3.73. The standard InChI is InChI=1S/C22H30N4O2.HI/c1-15(2)12-21(27)25-19-7-5-6-17(13-19)14-24-22(23)26-18-8-10-20(11-9-18)28-16(3)4;/h5-11,13,15-16H,12,14H2,1-4H3,(H,25,27)(H3,23,24,26);1H. The largest absolute Gasteiger partial charge is 0.491 e. The zero-order chi connectivity index (χ0) is 20.5. The first-order chi connectivity index (χ1) is 13.3. The summed E-state index contributed by atoms with van der Waals surface area (Å²) in [5.41, 5.74) is 8.56. The van der Waals surface area contributed by atoms with Gasteiger partial charge in [-0.3, -0.25) is 4.79 Å². The molecule has 0 aliphatic carbocycles. The number of hydrogen-bond acceptors (Lipinski definition) is 3. The van der Waals surface area contributed by atoms with E-state index in [-0.39, 0.29) is 36.0 Å². The molecule has 0 aliphatic heterocycles. The Labute approximate surface area is 190 Å². The van der Waals surface area contributed by atoms with Crippen molar-refractivity contribution in [3.8, 4) is 5.75 Å². The van der Waals surface area contributed by atoms with Crippen LogP contribution in [0.1, 0.15) is 39.7 Å². The van der Waals surface area contributed by atoms with Crippen LogP contribution in [0, 0.1) is 5.92 Å². The molecule has 0 saturated heterocycles. The molecule has 2 aromatic carbocycles. The Morgan fingerprint density at radius 3 is 2.34 bits per heavy atom. The van der Waals surface area contributed by atoms with Crippen molar-refractivity contribution in [2.45, 2.75) is 46.8 Å². The monoisotopic (exact) mass is 510 g/mol. The Morgan fingerprint density at radius 1 is 1.03 bits per heavy atom. The van der Waals surface area contributed by atoms with Gasteiger partial charge in [0.1, 0.15) is 5.75 Å². The number of nitrogens with one attached hydrogen (secondary N) is 2. The molecule has 0 aromatic heterocycles. The molecule has 0 spiro atoms. The second kappa shape index (κ2) is 12.3. The summed E-state index contributed by atoms with van der Waals surface area (Å²) in [6.45, 7) is 8.43. The zero-order valence-corrected chi connectivity index (χ0v) is 19.8. The summed E-state index contributed by atoms with van der Waals surface area (Å²) in [4.78, 5) is 16.3. The minimum Gasteiger partial charge on any atom is -0.491 e. The van der Waals surface area contributed by atoms with Crippen molar-refractivity contribution >= 4 is 47.2 Å². The van der Waals surface area contributed by atoms with E-state index in [1.165, 1.54) is 0 Å². The van der Waals surface area contributed by atoms with Crippen molar-refractivity contribution in [2.75, 3.05) is 10.6 Å². The number of carbonyl (C=O) groups excluding carboxylic acids is 1. The van der Waals surface area contributed by atoms with E-state index >= 15 is 0 Å². The van der Waals surface area contributed by atoms with Crippen molar-refractivity contribution in [2.24, 2.45) is 16.6 Å². The Hall–Kier alpha value is -2.29. The smallest absolute Gasteiger partial charge is 0.224 e. The number of ether oxygens (including phenoxy) is 1. The average Bonchev–Trinajstić information content (AvgIpc) is 2.61. The minimum absolute atomic E-state index is 0. The van der Waals surface area contributed by atoms with E-state index in [9.17, 15) is 4.79 Å². The predicted molar refractivity (Wildman–Crippen MR) is 131 cm³/mol. The Bertz CT molecular complexity index is 805. The van der Waals surface area contributed by atoms with Gasteiger partial charge in [0.05, 0.1) is 12.6 Å². The summed E-state index contributed by atoms with van der Waals surface area (Å²) in [6, 6.07) is 15.2. The molecule has 158 valence electrons. The SMILES string of the molecule is CC(C)CC(=O)Nc1cccc(CN=C(N)Nc2ccc(OC(C)C)cc2)c1.I. The van der Waals surface area contributed by atoms with Gasteiger partial charge in [0.15, 0.2) is 5.96 Å². The van der Waals surface area contributed by atoms with Gasteiger partial charge in [-0.2, -0.15) is 0 Å². The molecule has 1 amide bonds. The van der Waals surface area contributed by atoms with Crippen LogP contribution < -0.4 is 21.1 Å². The summed E-state index contributed by atoms with van der Waals surface area (Å²) in [6.07, 6.45) is 0.636. The van der Waals surface area contributed by atoms with E-state index in [1.807, 2.05) is 76.2 Å². The van der Waals surface area contributed by atoms with Gasteiger partial charge < -0.3 is 21.1 Å². The third-order valence-electron chi connectivity index (χ3n) is 3.73. The fraction of sp³-hybridized carbons (Fsp3) is 0.364. The van der Waals surface area contributed by atoms with Crippen LogP contribution in [0.5, 0.6) is 5.75 Å². The number of nitrogens with two attached hydrogens (primary N) is 1. The molecule has 0 atom stereocenters. The van der Waals surface area contributed by atoms with Gasteiger partial charge in [-0.15, -0.1) is 24.0 Å². The topological polar surface area (TPSA) is 88.7 Å². The lowest BCUT2D eigenvalue weighted by Crippen LogP contribution is -2.22. The van der Waals surface area contributed by atoms with Crippen LogP contribution in [0.3, 0.4) is 0 Å².